The van der Waals surface area contributed by atoms with Gasteiger partial charge < -0.3 is 0 Å². The van der Waals surface area contributed by atoms with Gasteiger partial charge in [0.2, 0.25) is 0 Å². The quantitative estimate of drug-likeness (QED) is 0.802. The molecule has 2 heterocycles. The fraction of sp³-hybridized carbons (Fsp3) is 0.647. The maximum absolute atomic E-state index is 2.73. The van der Waals surface area contributed by atoms with Crippen molar-refractivity contribution in [2.45, 2.75) is 37.6 Å². The molecule has 2 aliphatic heterocycles. The van der Waals surface area contributed by atoms with Crippen LogP contribution in [0.2, 0.25) is 0 Å². The molecule has 102 valence electrons. The largest absolute Gasteiger partial charge is 0.300 e. The molecule has 0 spiro atoms. The van der Waals surface area contributed by atoms with Crippen LogP contribution in [0.3, 0.4) is 0 Å². The Morgan fingerprint density at radius 2 is 2.00 bits per heavy atom. The fourth-order valence-electron chi connectivity index (χ4n) is 4.22. The molecule has 0 bridgehead atoms. The molecule has 2 nitrogen and oxygen atoms in total. The van der Waals surface area contributed by atoms with E-state index in [0.29, 0.717) is 0 Å². The first-order chi connectivity index (χ1) is 9.40. The lowest BCUT2D eigenvalue weighted by atomic mass is 9.77. The molecule has 1 aromatic rings. The van der Waals surface area contributed by atoms with Crippen LogP contribution in [0, 0.1) is 0 Å². The van der Waals surface area contributed by atoms with Crippen molar-refractivity contribution in [1.29, 1.82) is 0 Å². The maximum Gasteiger partial charge on any atom is 0.0223 e. The topological polar surface area (TPSA) is 6.48 Å². The van der Waals surface area contributed by atoms with Crippen molar-refractivity contribution in [2.24, 2.45) is 0 Å². The van der Waals surface area contributed by atoms with Gasteiger partial charge in [-0.05, 0) is 36.9 Å². The minimum atomic E-state index is 0.811. The summed E-state index contributed by atoms with van der Waals surface area (Å²) in [6.45, 7) is 6.55. The number of piperidine rings is 1. The summed E-state index contributed by atoms with van der Waals surface area (Å²) in [5.41, 5.74) is 3.21. The van der Waals surface area contributed by atoms with Gasteiger partial charge in [0.15, 0.2) is 0 Å². The lowest BCUT2D eigenvalue weighted by molar-refractivity contribution is 0.0453. The molecule has 0 N–H and O–H groups in total. The molecule has 0 radical (unpaired) electrons. The third-order valence-corrected chi connectivity index (χ3v) is 5.36. The highest BCUT2D eigenvalue weighted by molar-refractivity contribution is 5.40. The highest BCUT2D eigenvalue weighted by Gasteiger charge is 2.32. The molecule has 2 unspecified atom stereocenters. The highest BCUT2D eigenvalue weighted by Crippen LogP contribution is 2.35. The van der Waals surface area contributed by atoms with Gasteiger partial charge in [-0.3, -0.25) is 9.80 Å². The van der Waals surface area contributed by atoms with Crippen molar-refractivity contribution in [1.82, 2.24) is 9.80 Å². The summed E-state index contributed by atoms with van der Waals surface area (Å²) in [6, 6.07) is 9.86. The van der Waals surface area contributed by atoms with Crippen molar-refractivity contribution in [3.05, 3.63) is 35.4 Å². The van der Waals surface area contributed by atoms with E-state index in [4.69, 9.17) is 0 Å². The second-order valence-electron chi connectivity index (χ2n) is 6.55. The average Bonchev–Trinajstić information content (AvgIpc) is 2.45. The summed E-state index contributed by atoms with van der Waals surface area (Å²) in [6.07, 6.45) is 5.60. The molecule has 19 heavy (non-hydrogen) atoms. The Morgan fingerprint density at radius 1 is 1.05 bits per heavy atom. The van der Waals surface area contributed by atoms with E-state index in [9.17, 15) is 0 Å². The number of hydrogen-bond acceptors (Lipinski definition) is 2. The average molecular weight is 256 g/mol. The number of piperazine rings is 1. The minimum absolute atomic E-state index is 0.811. The predicted octanol–water partition coefficient (Wildman–Crippen LogP) is 2.50. The molecule has 2 fully saturated rings. The van der Waals surface area contributed by atoms with Crippen LogP contribution in [-0.4, -0.2) is 48.6 Å². The van der Waals surface area contributed by atoms with Crippen molar-refractivity contribution >= 4 is 0 Å². The maximum atomic E-state index is 2.73. The molecule has 2 atom stereocenters. The molecule has 1 aliphatic carbocycles. The van der Waals surface area contributed by atoms with Crippen LogP contribution in [0.4, 0.5) is 0 Å². The van der Waals surface area contributed by atoms with E-state index in [1.54, 1.807) is 11.1 Å². The summed E-state index contributed by atoms with van der Waals surface area (Å²) in [5.74, 6) is 0.811. The fourth-order valence-corrected chi connectivity index (χ4v) is 4.22. The van der Waals surface area contributed by atoms with Crippen LogP contribution in [0.1, 0.15) is 36.3 Å². The number of fused-ring (bicyclic) bond motifs is 2. The Kier molecular flexibility index (Phi) is 3.08. The number of nitrogens with zero attached hydrogens (tertiary/aromatic N) is 2. The van der Waals surface area contributed by atoms with Crippen LogP contribution in [0.15, 0.2) is 24.3 Å². The van der Waals surface area contributed by atoms with Crippen molar-refractivity contribution in [2.75, 3.05) is 32.7 Å². The van der Waals surface area contributed by atoms with Crippen molar-refractivity contribution in [3.63, 3.8) is 0 Å². The Bertz CT molecular complexity index is 456. The first kappa shape index (κ1) is 11.9. The third-order valence-electron chi connectivity index (χ3n) is 5.36. The Hall–Kier alpha value is -0.860. The molecule has 4 rings (SSSR count). The zero-order chi connectivity index (χ0) is 12.7. The molecule has 0 amide bonds. The van der Waals surface area contributed by atoms with Crippen LogP contribution in [0.5, 0.6) is 0 Å². The number of hydrogen-bond donors (Lipinski definition) is 0. The normalized spacial score (nSPS) is 31.4. The van der Waals surface area contributed by atoms with Gasteiger partial charge in [0.25, 0.3) is 0 Å². The van der Waals surface area contributed by atoms with Gasteiger partial charge in [-0.25, -0.2) is 0 Å². The van der Waals surface area contributed by atoms with E-state index in [0.717, 1.165) is 12.0 Å². The van der Waals surface area contributed by atoms with Gasteiger partial charge in [-0.2, -0.15) is 0 Å². The summed E-state index contributed by atoms with van der Waals surface area (Å²) in [5, 5.41) is 0. The molecule has 0 aromatic heterocycles. The van der Waals surface area contributed by atoms with Crippen LogP contribution >= 0.6 is 0 Å². The minimum Gasteiger partial charge on any atom is -0.300 e. The molecule has 3 aliphatic rings. The van der Waals surface area contributed by atoms with Gasteiger partial charge >= 0.3 is 0 Å². The first-order valence-corrected chi connectivity index (χ1v) is 7.94. The molecule has 2 heteroatoms. The summed E-state index contributed by atoms with van der Waals surface area (Å²) in [7, 11) is 0. The first-order valence-electron chi connectivity index (χ1n) is 7.94. The Balaban J connectivity index is 1.37. The molecule has 2 saturated heterocycles. The van der Waals surface area contributed by atoms with E-state index >= 15 is 0 Å². The second kappa shape index (κ2) is 4.92. The lowest BCUT2D eigenvalue weighted by Gasteiger charge is -2.46. The molecule has 1 aromatic carbocycles. The summed E-state index contributed by atoms with van der Waals surface area (Å²) in [4.78, 5) is 5.46. The van der Waals surface area contributed by atoms with Crippen LogP contribution in [0.25, 0.3) is 0 Å². The molecule has 0 saturated carbocycles. The zero-order valence-electron chi connectivity index (χ0n) is 11.7. The summed E-state index contributed by atoms with van der Waals surface area (Å²) >= 11 is 0. The van der Waals surface area contributed by atoms with E-state index in [1.807, 2.05) is 0 Å². The smallest absolute Gasteiger partial charge is 0.0223 e. The second-order valence-corrected chi connectivity index (χ2v) is 6.55. The zero-order valence-corrected chi connectivity index (χ0v) is 11.7. The Labute approximate surface area is 116 Å². The standard InChI is InChI=1S/C17H24N2/c1-2-7-17-14(5-1)11-15(17)12-18-9-10-19-8-4-3-6-16(19)13-18/h1-2,5,7,15-16H,3-4,6,8-13H2. The SMILES string of the molecule is c1ccc2c(c1)CC2CN1CCN2CCCCC2C1. The monoisotopic (exact) mass is 256 g/mol. The van der Waals surface area contributed by atoms with Crippen molar-refractivity contribution in [3.8, 4) is 0 Å². The van der Waals surface area contributed by atoms with Gasteiger partial charge in [0.05, 0.1) is 0 Å². The number of benzene rings is 1. The number of rotatable bonds is 2. The Morgan fingerprint density at radius 3 is 2.95 bits per heavy atom. The van der Waals surface area contributed by atoms with Crippen LogP contribution < -0.4 is 0 Å². The molecular formula is C17H24N2. The van der Waals surface area contributed by atoms with Gasteiger partial charge in [-0.15, -0.1) is 0 Å². The lowest BCUT2D eigenvalue weighted by Crippen LogP contribution is -2.55. The van der Waals surface area contributed by atoms with E-state index in [-0.39, 0.29) is 0 Å². The predicted molar refractivity (Wildman–Crippen MR) is 78.5 cm³/mol. The molecular weight excluding hydrogens is 232 g/mol. The third kappa shape index (κ3) is 2.21. The van der Waals surface area contributed by atoms with Gasteiger partial charge in [0, 0.05) is 38.1 Å². The van der Waals surface area contributed by atoms with E-state index < -0.39 is 0 Å². The van der Waals surface area contributed by atoms with E-state index in [1.165, 1.54) is 58.4 Å². The van der Waals surface area contributed by atoms with Gasteiger partial charge in [-0.1, -0.05) is 30.7 Å². The highest BCUT2D eigenvalue weighted by atomic mass is 15.3. The van der Waals surface area contributed by atoms with E-state index in [2.05, 4.69) is 34.1 Å². The van der Waals surface area contributed by atoms with Crippen LogP contribution in [-0.2, 0) is 6.42 Å². The summed E-state index contributed by atoms with van der Waals surface area (Å²) < 4.78 is 0. The van der Waals surface area contributed by atoms with Gasteiger partial charge in [0.1, 0.15) is 0 Å². The van der Waals surface area contributed by atoms with Crippen molar-refractivity contribution < 1.29 is 0 Å².